The van der Waals surface area contributed by atoms with Gasteiger partial charge in [0.25, 0.3) is 0 Å². The Kier molecular flexibility index (Phi) is 4.52. The molecule has 2 N–H and O–H groups in total. The Morgan fingerprint density at radius 3 is 2.29 bits per heavy atom. The van der Waals surface area contributed by atoms with Gasteiger partial charge >= 0.3 is 0 Å². The number of nitrogens with zero attached hydrogens (tertiary/aromatic N) is 2. The predicted molar refractivity (Wildman–Crippen MR) is 118 cm³/mol. The van der Waals surface area contributed by atoms with Crippen LogP contribution in [0.5, 0.6) is 11.6 Å². The number of ketones is 1. The predicted octanol–water partition coefficient (Wildman–Crippen LogP) is 5.54. The molecule has 5 nitrogen and oxygen atoms in total. The van der Waals surface area contributed by atoms with Gasteiger partial charge < -0.3 is 10.2 Å². The van der Waals surface area contributed by atoms with E-state index in [0.29, 0.717) is 16.3 Å². The fraction of sp³-hybridized carbons (Fsp3) is 0. The van der Waals surface area contributed by atoms with Crippen LogP contribution in [-0.2, 0) is 0 Å². The fourth-order valence-corrected chi connectivity index (χ4v) is 4.49. The van der Waals surface area contributed by atoms with E-state index in [2.05, 4.69) is 4.98 Å². The van der Waals surface area contributed by atoms with Crippen LogP contribution in [0, 0.1) is 5.82 Å². The molecule has 0 spiro atoms. The van der Waals surface area contributed by atoms with Gasteiger partial charge in [0, 0.05) is 5.56 Å². The van der Waals surface area contributed by atoms with Gasteiger partial charge in [-0.2, -0.15) is 0 Å². The van der Waals surface area contributed by atoms with Gasteiger partial charge in [-0.3, -0.25) is 9.36 Å². The summed E-state index contributed by atoms with van der Waals surface area (Å²) >= 11 is 1.30. The molecule has 0 saturated heterocycles. The zero-order chi connectivity index (χ0) is 21.5. The Balaban J connectivity index is 1.82. The number of halogens is 1. The zero-order valence-corrected chi connectivity index (χ0v) is 16.8. The van der Waals surface area contributed by atoms with Crippen molar-refractivity contribution in [2.45, 2.75) is 0 Å². The molecule has 0 amide bonds. The van der Waals surface area contributed by atoms with Gasteiger partial charge in [0.2, 0.25) is 5.88 Å². The summed E-state index contributed by atoms with van der Waals surface area (Å²) in [7, 11) is 0. The second-order valence-electron chi connectivity index (χ2n) is 6.90. The average molecular weight is 430 g/mol. The monoisotopic (exact) mass is 430 g/mol. The highest BCUT2D eigenvalue weighted by molar-refractivity contribution is 7.20. The first-order valence-corrected chi connectivity index (χ1v) is 10.2. The van der Waals surface area contributed by atoms with E-state index in [1.54, 1.807) is 30.3 Å². The third-order valence-corrected chi connectivity index (χ3v) is 6.00. The fourth-order valence-electron chi connectivity index (χ4n) is 3.52. The standard InChI is InChI=1S/C24H15FN2O3S/c25-16-12-10-14(11-13-16)20-19(21(28)15-6-2-1-3-7-15)22(29)23(30)27(20)24-26-17-8-4-5-9-18(17)31-24/h1-13,29-30H. The van der Waals surface area contributed by atoms with Crippen molar-refractivity contribution in [3.05, 3.63) is 95.8 Å². The van der Waals surface area contributed by atoms with Crippen molar-refractivity contribution in [2.24, 2.45) is 0 Å². The van der Waals surface area contributed by atoms with Crippen LogP contribution in [0.1, 0.15) is 15.9 Å². The molecular weight excluding hydrogens is 415 g/mol. The molecule has 0 unspecified atom stereocenters. The van der Waals surface area contributed by atoms with Crippen LogP contribution < -0.4 is 0 Å². The minimum absolute atomic E-state index is 0.0745. The van der Waals surface area contributed by atoms with Gasteiger partial charge in [0.05, 0.1) is 21.5 Å². The number of para-hydroxylation sites is 1. The summed E-state index contributed by atoms with van der Waals surface area (Å²) in [5, 5.41) is 22.0. The summed E-state index contributed by atoms with van der Waals surface area (Å²) in [6.07, 6.45) is 0. The van der Waals surface area contributed by atoms with Crippen molar-refractivity contribution in [3.8, 4) is 28.0 Å². The van der Waals surface area contributed by atoms with E-state index in [1.165, 1.54) is 40.2 Å². The highest BCUT2D eigenvalue weighted by atomic mass is 32.1. The highest BCUT2D eigenvalue weighted by Crippen LogP contribution is 2.45. The van der Waals surface area contributed by atoms with Crippen LogP contribution >= 0.6 is 11.3 Å². The van der Waals surface area contributed by atoms with Gasteiger partial charge in [-0.1, -0.05) is 53.8 Å². The van der Waals surface area contributed by atoms with E-state index in [0.717, 1.165) is 10.2 Å². The SMILES string of the molecule is O=C(c1ccccc1)c1c(O)c(O)n(-c2nc3ccccc3s2)c1-c1ccc(F)cc1. The third kappa shape index (κ3) is 3.15. The maximum Gasteiger partial charge on any atom is 0.242 e. The van der Waals surface area contributed by atoms with Crippen molar-refractivity contribution in [2.75, 3.05) is 0 Å². The molecule has 2 aromatic heterocycles. The lowest BCUT2D eigenvalue weighted by Crippen LogP contribution is -2.04. The summed E-state index contributed by atoms with van der Waals surface area (Å²) < 4.78 is 15.8. The second kappa shape index (κ2) is 7.37. The largest absolute Gasteiger partial charge is 0.503 e. The zero-order valence-electron chi connectivity index (χ0n) is 16.0. The molecule has 0 saturated carbocycles. The lowest BCUT2D eigenvalue weighted by Gasteiger charge is -2.09. The topological polar surface area (TPSA) is 75.3 Å². The molecule has 31 heavy (non-hydrogen) atoms. The van der Waals surface area contributed by atoms with Crippen LogP contribution in [0.2, 0.25) is 0 Å². The lowest BCUT2D eigenvalue weighted by atomic mass is 9.99. The van der Waals surface area contributed by atoms with Crippen molar-refractivity contribution in [1.82, 2.24) is 9.55 Å². The van der Waals surface area contributed by atoms with E-state index >= 15 is 0 Å². The summed E-state index contributed by atoms with van der Waals surface area (Å²) in [5.74, 6) is -1.95. The number of benzene rings is 3. The second-order valence-corrected chi connectivity index (χ2v) is 7.91. The smallest absolute Gasteiger partial charge is 0.242 e. The highest BCUT2D eigenvalue weighted by Gasteiger charge is 2.31. The van der Waals surface area contributed by atoms with Gasteiger partial charge in [0.1, 0.15) is 5.82 Å². The third-order valence-electron chi connectivity index (χ3n) is 4.98. The quantitative estimate of drug-likeness (QED) is 0.367. The van der Waals surface area contributed by atoms with E-state index in [-0.39, 0.29) is 11.3 Å². The molecule has 5 aromatic rings. The Labute approximate surface area is 180 Å². The first kappa shape index (κ1) is 19.0. The first-order valence-electron chi connectivity index (χ1n) is 9.43. The molecule has 2 heterocycles. The van der Waals surface area contributed by atoms with Crippen LogP contribution in [0.3, 0.4) is 0 Å². The molecule has 0 aliphatic carbocycles. The number of thiazole rings is 1. The number of carbonyl (C=O) groups is 1. The maximum atomic E-state index is 13.6. The molecule has 0 atom stereocenters. The molecule has 0 bridgehead atoms. The number of carbonyl (C=O) groups excluding carboxylic acids is 1. The van der Waals surface area contributed by atoms with Crippen LogP contribution in [0.15, 0.2) is 78.9 Å². The minimum atomic E-state index is -0.549. The summed E-state index contributed by atoms with van der Waals surface area (Å²) in [6, 6.07) is 21.4. The van der Waals surface area contributed by atoms with E-state index in [4.69, 9.17) is 0 Å². The Morgan fingerprint density at radius 1 is 0.903 bits per heavy atom. The molecule has 0 aliphatic heterocycles. The molecule has 7 heteroatoms. The number of hydrogen-bond donors (Lipinski definition) is 2. The molecule has 0 aliphatic rings. The van der Waals surface area contributed by atoms with Gasteiger partial charge in [-0.25, -0.2) is 9.37 Å². The van der Waals surface area contributed by atoms with E-state index in [1.807, 2.05) is 24.3 Å². The Hall–Kier alpha value is -3.97. The molecule has 5 rings (SSSR count). The van der Waals surface area contributed by atoms with Gasteiger partial charge in [-0.15, -0.1) is 0 Å². The van der Waals surface area contributed by atoms with Crippen molar-refractivity contribution >= 4 is 27.3 Å². The number of fused-ring (bicyclic) bond motifs is 1. The van der Waals surface area contributed by atoms with E-state index in [9.17, 15) is 19.4 Å². The molecule has 0 fully saturated rings. The van der Waals surface area contributed by atoms with Crippen molar-refractivity contribution in [1.29, 1.82) is 0 Å². The number of aromatic hydroxyl groups is 2. The van der Waals surface area contributed by atoms with Crippen molar-refractivity contribution in [3.63, 3.8) is 0 Å². The Bertz CT molecular complexity index is 1390. The number of rotatable bonds is 4. The minimum Gasteiger partial charge on any atom is -0.503 e. The normalized spacial score (nSPS) is 11.1. The van der Waals surface area contributed by atoms with Crippen molar-refractivity contribution < 1.29 is 19.4 Å². The Morgan fingerprint density at radius 2 is 1.58 bits per heavy atom. The molecule has 152 valence electrons. The van der Waals surface area contributed by atoms with Crippen LogP contribution in [0.4, 0.5) is 4.39 Å². The molecule has 3 aromatic carbocycles. The first-order chi connectivity index (χ1) is 15.0. The average Bonchev–Trinajstić information content (AvgIpc) is 3.33. The summed E-state index contributed by atoms with van der Waals surface area (Å²) in [4.78, 5) is 17.9. The maximum absolute atomic E-state index is 13.6. The lowest BCUT2D eigenvalue weighted by molar-refractivity contribution is 0.103. The van der Waals surface area contributed by atoms with E-state index < -0.39 is 23.2 Å². The summed E-state index contributed by atoms with van der Waals surface area (Å²) in [6.45, 7) is 0. The number of aromatic nitrogens is 2. The van der Waals surface area contributed by atoms with Gasteiger partial charge in [-0.05, 0) is 42.0 Å². The molecule has 0 radical (unpaired) electrons. The molecular formula is C24H15FN2O3S. The van der Waals surface area contributed by atoms with Gasteiger partial charge in [0.15, 0.2) is 16.7 Å². The number of hydrogen-bond acceptors (Lipinski definition) is 5. The van der Waals surface area contributed by atoms with Crippen LogP contribution in [-0.4, -0.2) is 25.5 Å². The van der Waals surface area contributed by atoms with Crippen LogP contribution in [0.25, 0.3) is 26.6 Å². The summed E-state index contributed by atoms with van der Waals surface area (Å²) in [5.41, 5.74) is 1.69.